The third kappa shape index (κ3) is 5.14. The number of benzene rings is 2. The van der Waals surface area contributed by atoms with Gasteiger partial charge in [0, 0.05) is 18.5 Å². The molecular weight excluding hydrogens is 400 g/mol. The number of nitrogens with zero attached hydrogens (tertiary/aromatic N) is 1. The first-order valence-electron chi connectivity index (χ1n) is 10.0. The van der Waals surface area contributed by atoms with Crippen LogP contribution in [0.25, 0.3) is 0 Å². The van der Waals surface area contributed by atoms with Crippen LogP contribution in [0, 0.1) is 0 Å². The van der Waals surface area contributed by atoms with Gasteiger partial charge in [0.25, 0.3) is 5.91 Å². The Balaban J connectivity index is 1.63. The first-order valence-corrected chi connectivity index (χ1v) is 10.0. The molecule has 0 aromatic heterocycles. The fourth-order valence-electron chi connectivity index (χ4n) is 3.33. The number of methoxy groups -OCH3 is 2. The van der Waals surface area contributed by atoms with Gasteiger partial charge < -0.3 is 19.5 Å². The normalized spacial score (nSPS) is 12.6. The molecule has 2 aromatic rings. The van der Waals surface area contributed by atoms with Crippen LogP contribution in [0.4, 0.5) is 5.69 Å². The van der Waals surface area contributed by atoms with Crippen molar-refractivity contribution in [2.75, 3.05) is 38.8 Å². The number of amides is 2. The highest BCUT2D eigenvalue weighted by atomic mass is 16.5. The van der Waals surface area contributed by atoms with Crippen molar-refractivity contribution in [3.05, 3.63) is 47.5 Å². The number of hydrogen-bond acceptors (Lipinski definition) is 6. The first-order chi connectivity index (χ1) is 15.0. The topological polar surface area (TPSA) is 94.2 Å². The van der Waals surface area contributed by atoms with Crippen LogP contribution < -0.4 is 24.4 Å². The number of nitrogens with one attached hydrogen (secondary N) is 1. The summed E-state index contributed by atoms with van der Waals surface area (Å²) in [6.07, 6.45) is 0.944. The molecule has 0 bridgehead atoms. The lowest BCUT2D eigenvalue weighted by Gasteiger charge is -2.29. The lowest BCUT2D eigenvalue weighted by molar-refractivity contribution is -0.125. The highest BCUT2D eigenvalue weighted by molar-refractivity contribution is 6.04. The van der Waals surface area contributed by atoms with Gasteiger partial charge in [0.15, 0.2) is 23.9 Å². The van der Waals surface area contributed by atoms with Crippen molar-refractivity contribution in [2.24, 2.45) is 0 Å². The van der Waals surface area contributed by atoms with E-state index >= 15 is 0 Å². The van der Waals surface area contributed by atoms with Crippen LogP contribution in [0.1, 0.15) is 29.3 Å². The Labute approximate surface area is 181 Å². The Bertz CT molecular complexity index is 988. The van der Waals surface area contributed by atoms with Crippen molar-refractivity contribution in [1.29, 1.82) is 0 Å². The number of ketones is 1. The van der Waals surface area contributed by atoms with Crippen LogP contribution in [0.3, 0.4) is 0 Å². The number of anilines is 1. The number of rotatable bonds is 9. The van der Waals surface area contributed by atoms with E-state index in [0.717, 1.165) is 5.56 Å². The molecule has 1 heterocycles. The van der Waals surface area contributed by atoms with Gasteiger partial charge in [-0.15, -0.1) is 0 Å². The summed E-state index contributed by atoms with van der Waals surface area (Å²) in [5, 5.41) is 2.83. The fourth-order valence-corrected chi connectivity index (χ4v) is 3.33. The monoisotopic (exact) mass is 426 g/mol. The van der Waals surface area contributed by atoms with Crippen molar-refractivity contribution in [3.63, 3.8) is 0 Å². The van der Waals surface area contributed by atoms with Gasteiger partial charge in [-0.3, -0.25) is 19.3 Å². The summed E-state index contributed by atoms with van der Waals surface area (Å²) in [5.41, 5.74) is 1.90. The molecule has 0 atom stereocenters. The van der Waals surface area contributed by atoms with Crippen LogP contribution in [-0.2, 0) is 16.0 Å². The van der Waals surface area contributed by atoms with Gasteiger partial charge in [0.05, 0.1) is 19.9 Å². The maximum absolute atomic E-state index is 12.5. The van der Waals surface area contributed by atoms with E-state index in [1.165, 1.54) is 4.90 Å². The average Bonchev–Trinajstić information content (AvgIpc) is 2.79. The largest absolute Gasteiger partial charge is 0.493 e. The minimum absolute atomic E-state index is 0.0415. The maximum atomic E-state index is 12.5. The molecule has 164 valence electrons. The number of fused-ring (bicyclic) bond motifs is 1. The molecular formula is C23H26N2O6. The fraction of sp³-hybridized carbons (Fsp3) is 0.348. The van der Waals surface area contributed by atoms with E-state index in [1.807, 2.05) is 18.2 Å². The zero-order chi connectivity index (χ0) is 22.4. The SMILES string of the molecule is CCC(=O)c1ccc2c(c1)N(CC(=O)NCCc1ccc(OC)c(OC)c1)C(=O)CO2. The lowest BCUT2D eigenvalue weighted by Crippen LogP contribution is -2.45. The van der Waals surface area contributed by atoms with Gasteiger partial charge in [-0.2, -0.15) is 0 Å². The molecule has 2 aromatic carbocycles. The highest BCUT2D eigenvalue weighted by Crippen LogP contribution is 2.33. The minimum Gasteiger partial charge on any atom is -0.493 e. The molecule has 3 rings (SSSR count). The molecule has 0 fully saturated rings. The van der Waals surface area contributed by atoms with E-state index in [0.29, 0.717) is 47.9 Å². The summed E-state index contributed by atoms with van der Waals surface area (Å²) in [5.74, 6) is 1.07. The third-order valence-corrected chi connectivity index (χ3v) is 5.03. The third-order valence-electron chi connectivity index (χ3n) is 5.03. The highest BCUT2D eigenvalue weighted by Gasteiger charge is 2.28. The van der Waals surface area contributed by atoms with Gasteiger partial charge in [-0.1, -0.05) is 13.0 Å². The second kappa shape index (κ2) is 9.97. The Morgan fingerprint density at radius 2 is 1.87 bits per heavy atom. The predicted molar refractivity (Wildman–Crippen MR) is 115 cm³/mol. The van der Waals surface area contributed by atoms with E-state index in [2.05, 4.69) is 5.32 Å². The standard InChI is InChI=1S/C23H26N2O6/c1-4-18(26)16-6-8-19-17(12-16)25(23(28)14-31-19)13-22(27)24-10-9-15-5-7-20(29-2)21(11-15)30-3/h5-8,11-12H,4,9-10,13-14H2,1-3H3,(H,24,27). The van der Waals surface area contributed by atoms with E-state index in [9.17, 15) is 14.4 Å². The Kier molecular flexibility index (Phi) is 7.12. The lowest BCUT2D eigenvalue weighted by atomic mass is 10.1. The van der Waals surface area contributed by atoms with Gasteiger partial charge >= 0.3 is 0 Å². The first kappa shape index (κ1) is 22.1. The molecule has 0 radical (unpaired) electrons. The molecule has 0 unspecified atom stereocenters. The van der Waals surface area contributed by atoms with Gasteiger partial charge in [-0.25, -0.2) is 0 Å². The van der Waals surface area contributed by atoms with E-state index < -0.39 is 0 Å². The van der Waals surface area contributed by atoms with Gasteiger partial charge in [0.1, 0.15) is 12.3 Å². The molecule has 0 spiro atoms. The summed E-state index contributed by atoms with van der Waals surface area (Å²) in [6.45, 7) is 1.87. The predicted octanol–water partition coefficient (Wildman–Crippen LogP) is 2.38. The summed E-state index contributed by atoms with van der Waals surface area (Å²) < 4.78 is 16.0. The van der Waals surface area contributed by atoms with Crippen LogP contribution in [0.5, 0.6) is 17.2 Å². The molecule has 0 saturated heterocycles. The van der Waals surface area contributed by atoms with Crippen LogP contribution in [0.2, 0.25) is 0 Å². The van der Waals surface area contributed by atoms with Crippen LogP contribution in [-0.4, -0.2) is 51.5 Å². The molecule has 2 amide bonds. The number of carbonyl (C=O) groups excluding carboxylic acids is 3. The smallest absolute Gasteiger partial charge is 0.265 e. The summed E-state index contributed by atoms with van der Waals surface area (Å²) in [7, 11) is 3.14. The minimum atomic E-state index is -0.330. The van der Waals surface area contributed by atoms with Crippen LogP contribution in [0.15, 0.2) is 36.4 Å². The van der Waals surface area contributed by atoms with E-state index in [4.69, 9.17) is 14.2 Å². The summed E-state index contributed by atoms with van der Waals surface area (Å²) in [6, 6.07) is 10.5. The van der Waals surface area contributed by atoms with E-state index in [1.54, 1.807) is 39.3 Å². The molecule has 1 aliphatic heterocycles. The molecule has 0 aliphatic carbocycles. The molecule has 8 heteroatoms. The number of Topliss-reactive ketones (excluding diaryl/α,β-unsaturated/α-hetero) is 1. The summed E-state index contributed by atoms with van der Waals surface area (Å²) >= 11 is 0. The zero-order valence-corrected chi connectivity index (χ0v) is 17.9. The summed E-state index contributed by atoms with van der Waals surface area (Å²) in [4.78, 5) is 38.3. The van der Waals surface area contributed by atoms with Crippen molar-refractivity contribution >= 4 is 23.3 Å². The van der Waals surface area contributed by atoms with Crippen molar-refractivity contribution in [3.8, 4) is 17.2 Å². The molecule has 31 heavy (non-hydrogen) atoms. The van der Waals surface area contributed by atoms with Crippen LogP contribution >= 0.6 is 0 Å². The van der Waals surface area contributed by atoms with Gasteiger partial charge in [-0.05, 0) is 42.3 Å². The van der Waals surface area contributed by atoms with Crippen molar-refractivity contribution in [1.82, 2.24) is 5.32 Å². The Morgan fingerprint density at radius 1 is 1.10 bits per heavy atom. The number of hydrogen-bond donors (Lipinski definition) is 1. The molecule has 8 nitrogen and oxygen atoms in total. The van der Waals surface area contributed by atoms with Crippen molar-refractivity contribution in [2.45, 2.75) is 19.8 Å². The second-order valence-electron chi connectivity index (χ2n) is 7.02. The van der Waals surface area contributed by atoms with Crippen molar-refractivity contribution < 1.29 is 28.6 Å². The Morgan fingerprint density at radius 3 is 2.58 bits per heavy atom. The van der Waals surface area contributed by atoms with E-state index in [-0.39, 0.29) is 30.7 Å². The zero-order valence-electron chi connectivity index (χ0n) is 17.9. The number of carbonyl (C=O) groups is 3. The van der Waals surface area contributed by atoms with Gasteiger partial charge in [0.2, 0.25) is 5.91 Å². The Hall–Kier alpha value is -3.55. The molecule has 1 aliphatic rings. The average molecular weight is 426 g/mol. The quantitative estimate of drug-likeness (QED) is 0.619. The second-order valence-corrected chi connectivity index (χ2v) is 7.02. The number of ether oxygens (including phenoxy) is 3. The molecule has 0 saturated carbocycles. The maximum Gasteiger partial charge on any atom is 0.265 e. The molecule has 1 N–H and O–H groups in total.